The molecule has 1 heterocycles. The van der Waals surface area contributed by atoms with Gasteiger partial charge in [-0.3, -0.25) is 4.79 Å². The average molecular weight is 500 g/mol. The van der Waals surface area contributed by atoms with Gasteiger partial charge in [-0.05, 0) is 63.2 Å². The number of hydrogen-bond donors (Lipinski definition) is 1. The molecule has 1 aromatic heterocycles. The zero-order valence-corrected chi connectivity index (χ0v) is 22.4. The van der Waals surface area contributed by atoms with Crippen LogP contribution in [0.25, 0.3) is 11.0 Å². The molecule has 9 heteroatoms. The fourth-order valence-electron chi connectivity index (χ4n) is 4.36. The van der Waals surface area contributed by atoms with E-state index < -0.39 is 10.0 Å². The molecule has 1 amide bonds. The van der Waals surface area contributed by atoms with Crippen molar-refractivity contribution in [1.29, 1.82) is 0 Å². The van der Waals surface area contributed by atoms with Gasteiger partial charge < -0.3 is 14.8 Å². The molecule has 3 rings (SSSR count). The summed E-state index contributed by atoms with van der Waals surface area (Å²) in [6, 6.07) is 13.3. The summed E-state index contributed by atoms with van der Waals surface area (Å²) in [4.78, 5) is 19.7. The summed E-state index contributed by atoms with van der Waals surface area (Å²) < 4.78 is 29.1. The summed E-state index contributed by atoms with van der Waals surface area (Å²) in [6.45, 7) is 11.8. The van der Waals surface area contributed by atoms with Gasteiger partial charge in [0.1, 0.15) is 5.82 Å². The van der Waals surface area contributed by atoms with Gasteiger partial charge in [-0.25, -0.2) is 13.4 Å². The Kier molecular flexibility index (Phi) is 8.56. The van der Waals surface area contributed by atoms with Crippen LogP contribution >= 0.6 is 0 Å². The van der Waals surface area contributed by atoms with Crippen molar-refractivity contribution in [3.8, 4) is 0 Å². The molecule has 3 aromatic rings. The van der Waals surface area contributed by atoms with E-state index in [0.717, 1.165) is 29.3 Å². The van der Waals surface area contributed by atoms with Crippen molar-refractivity contribution in [2.75, 3.05) is 29.9 Å². The van der Waals surface area contributed by atoms with Crippen LogP contribution in [0.4, 0.5) is 11.4 Å². The molecule has 0 spiro atoms. The molecule has 0 aliphatic heterocycles. The third kappa shape index (κ3) is 5.85. The third-order valence-electron chi connectivity index (χ3n) is 6.31. The summed E-state index contributed by atoms with van der Waals surface area (Å²) in [6.07, 6.45) is 0.723. The Labute approximate surface area is 209 Å². The number of sulfonamides is 1. The minimum atomic E-state index is -3.55. The third-order valence-corrected chi connectivity index (χ3v) is 8.36. The van der Waals surface area contributed by atoms with E-state index in [1.807, 2.05) is 49.7 Å². The molecule has 0 aliphatic rings. The van der Waals surface area contributed by atoms with E-state index in [-0.39, 0.29) is 17.2 Å². The molecule has 0 radical (unpaired) electrons. The number of aryl methyl sites for hydroxylation is 2. The monoisotopic (exact) mass is 499 g/mol. The molecule has 1 N–H and O–H groups in total. The van der Waals surface area contributed by atoms with Gasteiger partial charge in [0.05, 0.1) is 15.9 Å². The van der Waals surface area contributed by atoms with E-state index in [4.69, 9.17) is 0 Å². The molecular formula is C26H37N5O3S. The highest BCUT2D eigenvalue weighted by Crippen LogP contribution is 2.23. The van der Waals surface area contributed by atoms with Crippen molar-refractivity contribution in [2.45, 2.75) is 58.4 Å². The number of imidazole rings is 1. The van der Waals surface area contributed by atoms with Crippen LogP contribution in [0.2, 0.25) is 0 Å². The second-order valence-corrected chi connectivity index (χ2v) is 10.7. The van der Waals surface area contributed by atoms with Crippen LogP contribution in [0.5, 0.6) is 0 Å². The predicted molar refractivity (Wildman–Crippen MR) is 142 cm³/mol. The lowest BCUT2D eigenvalue weighted by Gasteiger charge is -2.27. The van der Waals surface area contributed by atoms with Crippen LogP contribution < -0.4 is 10.2 Å². The molecule has 0 atom stereocenters. The highest BCUT2D eigenvalue weighted by molar-refractivity contribution is 7.89. The number of nitrogens with one attached hydrogen (secondary N) is 1. The van der Waals surface area contributed by atoms with Gasteiger partial charge in [0.25, 0.3) is 0 Å². The minimum absolute atomic E-state index is 0.0918. The highest BCUT2D eigenvalue weighted by Gasteiger charge is 2.23. The van der Waals surface area contributed by atoms with Crippen molar-refractivity contribution < 1.29 is 13.2 Å². The number of benzene rings is 2. The zero-order valence-electron chi connectivity index (χ0n) is 21.6. The van der Waals surface area contributed by atoms with E-state index in [1.54, 1.807) is 18.2 Å². The maximum absolute atomic E-state index is 12.9. The summed E-state index contributed by atoms with van der Waals surface area (Å²) in [5, 5.41) is 2.95. The predicted octanol–water partition coefficient (Wildman–Crippen LogP) is 4.41. The Hall–Kier alpha value is -2.91. The summed E-state index contributed by atoms with van der Waals surface area (Å²) >= 11 is 0. The summed E-state index contributed by atoms with van der Waals surface area (Å²) in [5.74, 6) is 0.643. The highest BCUT2D eigenvalue weighted by atomic mass is 32.2. The molecule has 8 nitrogen and oxygen atoms in total. The van der Waals surface area contributed by atoms with Crippen molar-refractivity contribution in [3.63, 3.8) is 0 Å². The number of aromatic nitrogens is 2. The fourth-order valence-corrected chi connectivity index (χ4v) is 5.84. The Morgan fingerprint density at radius 3 is 2.26 bits per heavy atom. The smallest absolute Gasteiger partial charge is 0.243 e. The van der Waals surface area contributed by atoms with Crippen molar-refractivity contribution in [2.24, 2.45) is 7.05 Å². The number of rotatable bonds is 11. The average Bonchev–Trinajstić information content (AvgIpc) is 3.14. The molecule has 0 unspecified atom stereocenters. The topological polar surface area (TPSA) is 87.5 Å². The molecule has 0 fully saturated rings. The van der Waals surface area contributed by atoms with Crippen LogP contribution in [-0.2, 0) is 28.3 Å². The first-order valence-corrected chi connectivity index (χ1v) is 13.7. The Morgan fingerprint density at radius 1 is 1.03 bits per heavy atom. The molecule has 35 heavy (non-hydrogen) atoms. The summed E-state index contributed by atoms with van der Waals surface area (Å²) in [5.41, 5.74) is 3.33. The van der Waals surface area contributed by atoms with E-state index in [1.165, 1.54) is 4.31 Å². The number of nitrogens with zero attached hydrogens (tertiary/aromatic N) is 4. The van der Waals surface area contributed by atoms with Crippen LogP contribution in [-0.4, -0.2) is 53.9 Å². The van der Waals surface area contributed by atoms with Crippen LogP contribution in [0.3, 0.4) is 0 Å². The number of anilines is 2. The van der Waals surface area contributed by atoms with Crippen molar-refractivity contribution >= 4 is 38.3 Å². The Morgan fingerprint density at radius 2 is 1.69 bits per heavy atom. The lowest BCUT2D eigenvalue weighted by molar-refractivity contribution is -0.116. The lowest BCUT2D eigenvalue weighted by Crippen LogP contribution is -2.30. The quantitative estimate of drug-likeness (QED) is 0.422. The van der Waals surface area contributed by atoms with E-state index in [9.17, 15) is 13.2 Å². The number of carbonyl (C=O) groups excluding carboxylic acids is 1. The first kappa shape index (κ1) is 26.7. The second-order valence-electron chi connectivity index (χ2n) is 8.80. The van der Waals surface area contributed by atoms with Gasteiger partial charge in [0, 0.05) is 56.9 Å². The number of carbonyl (C=O) groups is 1. The number of amides is 1. The largest absolute Gasteiger partial charge is 0.369 e. The minimum Gasteiger partial charge on any atom is -0.369 e. The van der Waals surface area contributed by atoms with Crippen molar-refractivity contribution in [1.82, 2.24) is 13.9 Å². The normalized spacial score (nSPS) is 12.0. The number of hydrogen-bond acceptors (Lipinski definition) is 5. The van der Waals surface area contributed by atoms with E-state index in [0.29, 0.717) is 31.1 Å². The molecule has 0 aliphatic carbocycles. The van der Waals surface area contributed by atoms with Crippen LogP contribution in [0.15, 0.2) is 47.4 Å². The first-order valence-electron chi connectivity index (χ1n) is 12.2. The van der Waals surface area contributed by atoms with Gasteiger partial charge in [-0.15, -0.1) is 0 Å². The Balaban J connectivity index is 1.69. The molecule has 0 bridgehead atoms. The van der Waals surface area contributed by atoms with Gasteiger partial charge in [-0.1, -0.05) is 13.8 Å². The molecular weight excluding hydrogens is 462 g/mol. The van der Waals surface area contributed by atoms with Crippen molar-refractivity contribution in [3.05, 3.63) is 48.3 Å². The van der Waals surface area contributed by atoms with Crippen LogP contribution in [0, 0.1) is 0 Å². The second kappa shape index (κ2) is 11.2. The molecule has 190 valence electrons. The van der Waals surface area contributed by atoms with E-state index in [2.05, 4.69) is 36.0 Å². The molecule has 0 saturated carbocycles. The zero-order chi connectivity index (χ0) is 25.8. The molecule has 0 saturated heterocycles. The van der Waals surface area contributed by atoms with Crippen LogP contribution in [0.1, 0.15) is 46.9 Å². The maximum Gasteiger partial charge on any atom is 0.243 e. The van der Waals surface area contributed by atoms with Gasteiger partial charge in [-0.2, -0.15) is 4.31 Å². The lowest BCUT2D eigenvalue weighted by atomic mass is 10.2. The fraction of sp³-hybridized carbons (Fsp3) is 0.462. The summed E-state index contributed by atoms with van der Waals surface area (Å²) in [7, 11) is -1.67. The Bertz CT molecular complexity index is 1260. The maximum atomic E-state index is 12.9. The standard InChI is InChI=1S/C26H37N5O3S/c1-7-30(8-2)35(33,34)22-14-15-24-23(18-22)28-25(29(24)6)16-17-26(32)27-20-10-12-21(13-11-20)31(9-3)19(4)5/h10-15,18-19H,7-9,16-17H2,1-6H3,(H,27,32). The van der Waals surface area contributed by atoms with Gasteiger partial charge in [0.15, 0.2) is 0 Å². The number of fused-ring (bicyclic) bond motifs is 1. The van der Waals surface area contributed by atoms with E-state index >= 15 is 0 Å². The van der Waals surface area contributed by atoms with Gasteiger partial charge >= 0.3 is 0 Å². The molecule has 2 aromatic carbocycles. The van der Waals surface area contributed by atoms with Gasteiger partial charge in [0.2, 0.25) is 15.9 Å². The first-order chi connectivity index (χ1) is 16.6. The SMILES string of the molecule is CCN(c1ccc(NC(=O)CCc2nc3cc(S(=O)(=O)N(CC)CC)ccc3n2C)cc1)C(C)C.